The van der Waals surface area contributed by atoms with Crippen LogP contribution in [0, 0.1) is 0 Å². The first-order chi connectivity index (χ1) is 12.4. The molecule has 0 spiro atoms. The fourth-order valence-electron chi connectivity index (χ4n) is 3.76. The highest BCUT2D eigenvalue weighted by Gasteiger charge is 2.31. The highest BCUT2D eigenvalue weighted by molar-refractivity contribution is 7.73. The maximum absolute atomic E-state index is 2.63. The van der Waals surface area contributed by atoms with Crippen LogP contribution < -0.4 is 10.6 Å². The Morgan fingerprint density at radius 1 is 0.720 bits per heavy atom. The standard InChI is InChI=1S/C23H24NP/c1-4-10-20(11-5-1)18-24-17-16-23(19-24)25(21-12-6-2-7-13-21)22-14-8-3-9-15-22/h1-15,23H,16-19H2/t23-/m0/s1. The molecule has 0 saturated carbocycles. The van der Waals surface area contributed by atoms with Crippen molar-refractivity contribution in [2.75, 3.05) is 13.1 Å². The fourth-order valence-corrected chi connectivity index (χ4v) is 6.65. The van der Waals surface area contributed by atoms with Crippen molar-refractivity contribution < 1.29 is 0 Å². The first-order valence-corrected chi connectivity index (χ1v) is 10.5. The number of likely N-dealkylation sites (tertiary alicyclic amines) is 1. The predicted octanol–water partition coefficient (Wildman–Crippen LogP) is 4.39. The number of benzene rings is 3. The SMILES string of the molecule is c1ccc(CN2CC[C@H](P(c3ccccc3)c3ccccc3)C2)cc1. The summed E-state index contributed by atoms with van der Waals surface area (Å²) in [5.41, 5.74) is 2.16. The van der Waals surface area contributed by atoms with Gasteiger partial charge in [0.2, 0.25) is 0 Å². The van der Waals surface area contributed by atoms with Crippen molar-refractivity contribution >= 4 is 18.5 Å². The van der Waals surface area contributed by atoms with Crippen molar-refractivity contribution in [3.05, 3.63) is 96.6 Å². The van der Waals surface area contributed by atoms with Gasteiger partial charge in [-0.15, -0.1) is 0 Å². The van der Waals surface area contributed by atoms with Gasteiger partial charge in [-0.2, -0.15) is 0 Å². The van der Waals surface area contributed by atoms with Crippen molar-refractivity contribution in [1.82, 2.24) is 4.90 Å². The molecule has 0 N–H and O–H groups in total. The molecule has 25 heavy (non-hydrogen) atoms. The molecule has 0 aromatic heterocycles. The molecule has 1 aliphatic rings. The third-order valence-corrected chi connectivity index (χ3v) is 7.79. The van der Waals surface area contributed by atoms with Gasteiger partial charge >= 0.3 is 0 Å². The Morgan fingerprint density at radius 3 is 1.80 bits per heavy atom. The molecule has 126 valence electrons. The Balaban J connectivity index is 1.55. The Labute approximate surface area is 152 Å². The number of nitrogens with zero attached hydrogens (tertiary/aromatic N) is 1. The molecular weight excluding hydrogens is 321 g/mol. The number of hydrogen-bond donors (Lipinski definition) is 0. The zero-order valence-electron chi connectivity index (χ0n) is 14.5. The largest absolute Gasteiger partial charge is 0.298 e. The van der Waals surface area contributed by atoms with E-state index in [9.17, 15) is 0 Å². The second-order valence-electron chi connectivity index (χ2n) is 6.70. The summed E-state index contributed by atoms with van der Waals surface area (Å²) in [5, 5.41) is 3.02. The molecule has 0 amide bonds. The lowest BCUT2D eigenvalue weighted by molar-refractivity contribution is 0.332. The molecule has 3 aromatic carbocycles. The smallest absolute Gasteiger partial charge is 0.0234 e. The first-order valence-electron chi connectivity index (χ1n) is 9.06. The van der Waals surface area contributed by atoms with E-state index in [4.69, 9.17) is 0 Å². The lowest BCUT2D eigenvalue weighted by Gasteiger charge is -2.26. The Bertz CT molecular complexity index is 733. The zero-order valence-corrected chi connectivity index (χ0v) is 15.4. The average molecular weight is 345 g/mol. The summed E-state index contributed by atoms with van der Waals surface area (Å²) in [5.74, 6) is 0. The van der Waals surface area contributed by atoms with E-state index in [1.807, 2.05) is 0 Å². The van der Waals surface area contributed by atoms with Gasteiger partial charge in [-0.25, -0.2) is 0 Å². The van der Waals surface area contributed by atoms with E-state index in [2.05, 4.69) is 95.9 Å². The molecule has 1 fully saturated rings. The summed E-state index contributed by atoms with van der Waals surface area (Å²) in [7, 11) is -0.295. The first kappa shape index (κ1) is 16.5. The summed E-state index contributed by atoms with van der Waals surface area (Å²) >= 11 is 0. The van der Waals surface area contributed by atoms with Gasteiger partial charge in [0.25, 0.3) is 0 Å². The Morgan fingerprint density at radius 2 is 1.24 bits per heavy atom. The van der Waals surface area contributed by atoms with E-state index in [1.54, 1.807) is 0 Å². The number of rotatable bonds is 5. The number of hydrogen-bond acceptors (Lipinski definition) is 1. The summed E-state index contributed by atoms with van der Waals surface area (Å²) in [6.07, 6.45) is 1.29. The van der Waals surface area contributed by atoms with Crippen LogP contribution >= 0.6 is 7.92 Å². The van der Waals surface area contributed by atoms with Crippen molar-refractivity contribution in [2.24, 2.45) is 0 Å². The van der Waals surface area contributed by atoms with Crippen LogP contribution in [-0.4, -0.2) is 23.6 Å². The summed E-state index contributed by atoms with van der Waals surface area (Å²) in [4.78, 5) is 2.63. The summed E-state index contributed by atoms with van der Waals surface area (Å²) in [6, 6.07) is 33.1. The predicted molar refractivity (Wildman–Crippen MR) is 109 cm³/mol. The molecule has 0 bridgehead atoms. The van der Waals surface area contributed by atoms with Crippen molar-refractivity contribution in [3.63, 3.8) is 0 Å². The van der Waals surface area contributed by atoms with Gasteiger partial charge in [0.1, 0.15) is 0 Å². The monoisotopic (exact) mass is 345 g/mol. The zero-order chi connectivity index (χ0) is 16.9. The molecule has 0 radical (unpaired) electrons. The highest BCUT2D eigenvalue weighted by atomic mass is 31.1. The molecule has 1 aliphatic heterocycles. The van der Waals surface area contributed by atoms with Crippen LogP contribution in [0.15, 0.2) is 91.0 Å². The van der Waals surface area contributed by atoms with E-state index in [0.29, 0.717) is 0 Å². The van der Waals surface area contributed by atoms with Gasteiger partial charge in [0.15, 0.2) is 0 Å². The molecule has 4 rings (SSSR count). The van der Waals surface area contributed by atoms with E-state index in [0.717, 1.165) is 12.2 Å². The molecule has 3 aromatic rings. The van der Waals surface area contributed by atoms with E-state index < -0.39 is 0 Å². The maximum atomic E-state index is 2.63. The van der Waals surface area contributed by atoms with Crippen LogP contribution in [-0.2, 0) is 6.54 Å². The quantitative estimate of drug-likeness (QED) is 0.620. The van der Waals surface area contributed by atoms with Crippen LogP contribution in [0.1, 0.15) is 12.0 Å². The van der Waals surface area contributed by atoms with Gasteiger partial charge in [0, 0.05) is 18.7 Å². The Hall–Kier alpha value is -1.95. The van der Waals surface area contributed by atoms with Crippen molar-refractivity contribution in [3.8, 4) is 0 Å². The van der Waals surface area contributed by atoms with Gasteiger partial charge in [0.05, 0.1) is 0 Å². The van der Waals surface area contributed by atoms with Gasteiger partial charge in [-0.1, -0.05) is 91.0 Å². The van der Waals surface area contributed by atoms with Gasteiger partial charge in [-0.3, -0.25) is 4.90 Å². The summed E-state index contributed by atoms with van der Waals surface area (Å²) in [6.45, 7) is 3.48. The lowest BCUT2D eigenvalue weighted by Crippen LogP contribution is -2.26. The second kappa shape index (κ2) is 7.95. The minimum absolute atomic E-state index is 0.295. The highest BCUT2D eigenvalue weighted by Crippen LogP contribution is 2.43. The van der Waals surface area contributed by atoms with Crippen LogP contribution in [0.2, 0.25) is 0 Å². The van der Waals surface area contributed by atoms with Crippen molar-refractivity contribution in [1.29, 1.82) is 0 Å². The molecular formula is C23H24NP. The molecule has 2 heteroatoms. The maximum Gasteiger partial charge on any atom is 0.0234 e. The van der Waals surface area contributed by atoms with E-state index in [-0.39, 0.29) is 7.92 Å². The molecule has 1 saturated heterocycles. The molecule has 0 aliphatic carbocycles. The average Bonchev–Trinajstić information content (AvgIpc) is 3.12. The molecule has 0 unspecified atom stereocenters. The normalized spacial score (nSPS) is 17.9. The van der Waals surface area contributed by atoms with Crippen LogP contribution in [0.4, 0.5) is 0 Å². The third kappa shape index (κ3) is 4.00. The minimum atomic E-state index is -0.295. The van der Waals surface area contributed by atoms with Crippen LogP contribution in [0.5, 0.6) is 0 Å². The van der Waals surface area contributed by atoms with Crippen LogP contribution in [0.3, 0.4) is 0 Å². The van der Waals surface area contributed by atoms with Gasteiger partial charge in [-0.05, 0) is 37.1 Å². The second-order valence-corrected chi connectivity index (χ2v) is 9.21. The molecule has 1 atom stereocenters. The minimum Gasteiger partial charge on any atom is -0.298 e. The topological polar surface area (TPSA) is 3.24 Å². The van der Waals surface area contributed by atoms with Gasteiger partial charge < -0.3 is 0 Å². The molecule has 1 heterocycles. The molecule has 1 nitrogen and oxygen atoms in total. The van der Waals surface area contributed by atoms with Crippen molar-refractivity contribution in [2.45, 2.75) is 18.6 Å². The Kier molecular flexibility index (Phi) is 5.25. The van der Waals surface area contributed by atoms with E-state index in [1.165, 1.54) is 35.7 Å². The fraction of sp³-hybridized carbons (Fsp3) is 0.217. The van der Waals surface area contributed by atoms with E-state index >= 15 is 0 Å². The third-order valence-electron chi connectivity index (χ3n) is 4.93. The lowest BCUT2D eigenvalue weighted by atomic mass is 10.2. The van der Waals surface area contributed by atoms with Crippen LogP contribution in [0.25, 0.3) is 0 Å². The summed E-state index contributed by atoms with van der Waals surface area (Å²) < 4.78 is 0.